The number of rotatable bonds is 0. The molecule has 0 N–H and O–H groups in total. The van der Waals surface area contributed by atoms with Crippen LogP contribution in [0.15, 0.2) is 17.1 Å². The molecule has 0 aliphatic carbocycles. The van der Waals surface area contributed by atoms with Gasteiger partial charge in [0.05, 0.1) is 11.8 Å². The van der Waals surface area contributed by atoms with Crippen LogP contribution < -0.4 is 0 Å². The Morgan fingerprint density at radius 2 is 2.29 bits per heavy atom. The molecule has 1 aliphatic rings. The van der Waals surface area contributed by atoms with E-state index in [9.17, 15) is 0 Å². The third-order valence-electron chi connectivity index (χ3n) is 0.918. The van der Waals surface area contributed by atoms with Gasteiger partial charge < -0.3 is 0 Å². The van der Waals surface area contributed by atoms with Crippen LogP contribution in [0.1, 0.15) is 13.8 Å². The van der Waals surface area contributed by atoms with Crippen molar-refractivity contribution in [3.05, 3.63) is 12.2 Å². The first-order valence-electron chi connectivity index (χ1n) is 2.36. The van der Waals surface area contributed by atoms with Gasteiger partial charge in [-0.3, -0.25) is 4.99 Å². The first-order valence-corrected chi connectivity index (χ1v) is 2.36. The maximum Gasteiger partial charge on any atom is 0.0834 e. The monoisotopic (exact) mass is 94.1 g/mol. The van der Waals surface area contributed by atoms with E-state index in [1.807, 2.05) is 26.0 Å². The lowest BCUT2D eigenvalue weighted by atomic mass is 10.1. The Labute approximate surface area is 43.8 Å². The van der Waals surface area contributed by atoms with Crippen molar-refractivity contribution in [1.82, 2.24) is 0 Å². The van der Waals surface area contributed by atoms with Crippen molar-refractivity contribution in [1.29, 1.82) is 0 Å². The number of aliphatic imine (C=N–C) groups is 1. The van der Waals surface area contributed by atoms with Crippen LogP contribution in [0.5, 0.6) is 0 Å². The quantitative estimate of drug-likeness (QED) is 0.429. The Bertz CT molecular complexity index is 106. The van der Waals surface area contributed by atoms with E-state index in [4.69, 9.17) is 0 Å². The highest BCUT2D eigenvalue weighted by atomic mass is 14.8. The zero-order chi connectivity index (χ0) is 5.33. The smallest absolute Gasteiger partial charge is 0.0834 e. The molecule has 0 aromatic heterocycles. The summed E-state index contributed by atoms with van der Waals surface area (Å²) in [6.07, 6.45) is 6.62. The average Bonchev–Trinajstić information content (AvgIpc) is 1.84. The summed E-state index contributed by atoms with van der Waals surface area (Å²) in [6, 6.07) is 0. The van der Waals surface area contributed by atoms with Gasteiger partial charge in [0.1, 0.15) is 0 Å². The summed E-state index contributed by atoms with van der Waals surface area (Å²) >= 11 is 0. The highest BCUT2D eigenvalue weighted by Gasteiger charge is 2.11. The largest absolute Gasteiger partial charge is 0.273 e. The number of hydrogen-bond donors (Lipinski definition) is 0. The van der Waals surface area contributed by atoms with Gasteiger partial charge in [0.2, 0.25) is 0 Å². The van der Waals surface area contributed by atoms with Gasteiger partial charge in [-0.15, -0.1) is 0 Å². The van der Waals surface area contributed by atoms with Gasteiger partial charge in [-0.1, -0.05) is 6.08 Å². The van der Waals surface area contributed by atoms with Gasteiger partial charge in [-0.25, -0.2) is 0 Å². The maximum atomic E-state index is 4.01. The van der Waals surface area contributed by atoms with Gasteiger partial charge in [0, 0.05) is 0 Å². The molecule has 0 atom stereocenters. The normalized spacial score (nSPS) is 23.7. The molecule has 1 heteroatoms. The first-order chi connectivity index (χ1) is 3.21. The highest BCUT2D eigenvalue weighted by molar-refractivity contribution is 5.74. The molecule has 1 heterocycles. The fraction of sp³-hybridized carbons (Fsp3) is 0.500. The van der Waals surface area contributed by atoms with Gasteiger partial charge >= 0.3 is 0 Å². The minimum Gasteiger partial charge on any atom is -0.273 e. The molecule has 0 bridgehead atoms. The first kappa shape index (κ1) is 4.57. The molecule has 0 fully saturated rings. The summed E-state index contributed by atoms with van der Waals surface area (Å²) in [6.45, 7) is 4.09. The molecule has 1 nitrogen and oxygen atoms in total. The Balaban J connectivity index is 2.77. The predicted octanol–water partition coefficient (Wildman–Crippen LogP) is 1.28. The molecule has 0 aromatic carbocycles. The van der Waals surface area contributed by atoms with Crippen molar-refractivity contribution >= 4 is 6.21 Å². The zero-order valence-corrected chi connectivity index (χ0v) is 4.60. The molecular weight excluding hydrogens is 86.1 g/mol. The summed E-state index contributed by atoms with van der Waals surface area (Å²) in [5, 5.41) is 0. The van der Waals surface area contributed by atoms with E-state index in [0.29, 0.717) is 0 Å². The van der Waals surface area contributed by atoms with Gasteiger partial charge in [0.25, 0.3) is 0 Å². The molecule has 1 aliphatic heterocycles. The van der Waals surface area contributed by atoms with Crippen molar-refractivity contribution in [2.24, 2.45) is 4.99 Å². The third kappa shape index (κ3) is 0.889. The third-order valence-corrected chi connectivity index (χ3v) is 0.918. The van der Waals surface area contributed by atoms with E-state index in [1.165, 1.54) is 0 Å². The zero-order valence-electron chi connectivity index (χ0n) is 4.60. The van der Waals surface area contributed by atoms with E-state index in [0.717, 1.165) is 0 Å². The maximum absolute atomic E-state index is 4.01. The lowest BCUT2D eigenvalue weighted by Crippen LogP contribution is -2.07. The van der Waals surface area contributed by atoms with Crippen LogP contribution in [0.25, 0.3) is 0 Å². The van der Waals surface area contributed by atoms with Crippen LogP contribution in [-0.4, -0.2) is 11.8 Å². The van der Waals surface area contributed by atoms with Crippen molar-refractivity contribution in [2.45, 2.75) is 19.4 Å². The van der Waals surface area contributed by atoms with Crippen molar-refractivity contribution in [3.8, 4) is 0 Å². The minimum atomic E-state index is 0.0278. The summed E-state index contributed by atoms with van der Waals surface area (Å²) in [4.78, 5) is 4.01. The fourth-order valence-corrected chi connectivity index (χ4v) is 0.482. The van der Waals surface area contributed by atoms with E-state index < -0.39 is 0 Å². The van der Waals surface area contributed by atoms with Crippen LogP contribution in [0.2, 0.25) is 0 Å². The van der Waals surface area contributed by atoms with Gasteiger partial charge in [-0.05, 0) is 19.9 Å². The van der Waals surface area contributed by atoms with Crippen LogP contribution in [0, 0.1) is 0 Å². The van der Waals surface area contributed by atoms with Crippen molar-refractivity contribution < 1.29 is 0 Å². The molecule has 1 radical (unpaired) electrons. The Morgan fingerprint density at radius 1 is 1.57 bits per heavy atom. The minimum absolute atomic E-state index is 0.0278. The second kappa shape index (κ2) is 1.19. The van der Waals surface area contributed by atoms with E-state index in [2.05, 4.69) is 11.2 Å². The lowest BCUT2D eigenvalue weighted by Gasteiger charge is -2.06. The molecule has 1 rings (SSSR count). The summed E-state index contributed by atoms with van der Waals surface area (Å²) in [5.74, 6) is 0. The highest BCUT2D eigenvalue weighted by Crippen LogP contribution is 2.12. The standard InChI is InChI=1S/C6H8N/c1-6(2)4-3-5-7-6/h3-4H,1-2H3. The van der Waals surface area contributed by atoms with Crippen LogP contribution >= 0.6 is 0 Å². The van der Waals surface area contributed by atoms with Crippen molar-refractivity contribution in [2.75, 3.05) is 0 Å². The number of allylic oxidation sites excluding steroid dienone is 1. The van der Waals surface area contributed by atoms with E-state index in [-0.39, 0.29) is 5.54 Å². The fourth-order valence-electron chi connectivity index (χ4n) is 0.482. The van der Waals surface area contributed by atoms with Crippen LogP contribution in [0.4, 0.5) is 0 Å². The van der Waals surface area contributed by atoms with E-state index >= 15 is 0 Å². The Morgan fingerprint density at radius 3 is 2.43 bits per heavy atom. The second-order valence-electron chi connectivity index (χ2n) is 2.23. The molecule has 37 valence electrons. The Hall–Kier alpha value is -0.590. The molecule has 0 amide bonds. The molecule has 0 spiro atoms. The second-order valence-corrected chi connectivity index (χ2v) is 2.23. The molecule has 7 heavy (non-hydrogen) atoms. The number of nitrogens with zero attached hydrogens (tertiary/aromatic N) is 1. The average molecular weight is 94.1 g/mol. The molecule has 0 unspecified atom stereocenters. The van der Waals surface area contributed by atoms with Gasteiger partial charge in [-0.2, -0.15) is 0 Å². The van der Waals surface area contributed by atoms with Crippen LogP contribution in [-0.2, 0) is 0 Å². The summed E-state index contributed by atoms with van der Waals surface area (Å²) < 4.78 is 0. The molecule has 0 saturated carbocycles. The summed E-state index contributed by atoms with van der Waals surface area (Å²) in [5.41, 5.74) is 0.0278. The SMILES string of the molecule is CC1(C)C=C[C]=N1. The summed E-state index contributed by atoms with van der Waals surface area (Å²) in [7, 11) is 0. The topological polar surface area (TPSA) is 12.4 Å². The predicted molar refractivity (Wildman–Crippen MR) is 30.7 cm³/mol. The van der Waals surface area contributed by atoms with Crippen molar-refractivity contribution in [3.63, 3.8) is 0 Å². The Kier molecular flexibility index (Phi) is 0.775. The molecule has 0 saturated heterocycles. The van der Waals surface area contributed by atoms with Crippen LogP contribution in [0.3, 0.4) is 0 Å². The van der Waals surface area contributed by atoms with E-state index in [1.54, 1.807) is 0 Å². The lowest BCUT2D eigenvalue weighted by molar-refractivity contribution is 0.672. The molecular formula is C6H8N. The number of hydrogen-bond acceptors (Lipinski definition) is 1. The van der Waals surface area contributed by atoms with Gasteiger partial charge in [0.15, 0.2) is 0 Å². The molecule has 0 aromatic rings.